The van der Waals surface area contributed by atoms with Crippen LogP contribution in [-0.2, 0) is 67.2 Å². The minimum atomic E-state index is -1.93. The lowest BCUT2D eigenvalue weighted by Gasteiger charge is -2.31. The van der Waals surface area contributed by atoms with Gasteiger partial charge in [0.2, 0.25) is 53.2 Å². The molecule has 0 radical (unpaired) electrons. The van der Waals surface area contributed by atoms with Gasteiger partial charge in [-0.05, 0) is 98.5 Å². The molecule has 88 heavy (non-hydrogen) atoms. The zero-order chi connectivity index (χ0) is 65.5. The third kappa shape index (κ3) is 22.0. The number of phenols is 3. The lowest BCUT2D eigenvalue weighted by molar-refractivity contribution is -0.143. The van der Waals surface area contributed by atoms with Crippen molar-refractivity contribution >= 4 is 65.1 Å². The zero-order valence-electron chi connectivity index (χ0n) is 49.0. The Labute approximate surface area is 506 Å². The number of carboxylic acid groups (broad SMARTS) is 1. The van der Waals surface area contributed by atoms with E-state index in [1.165, 1.54) is 79.7 Å². The van der Waals surface area contributed by atoms with E-state index in [9.17, 15) is 88.8 Å². The monoisotopic (exact) mass is 1240 g/mol. The number of aliphatic carboxylic acids is 1. The van der Waals surface area contributed by atoms with Crippen LogP contribution in [0.2, 0.25) is 0 Å². The van der Waals surface area contributed by atoms with E-state index in [0.717, 1.165) is 11.8 Å². The number of carbonyl (C=O) groups is 10. The number of rotatable bonds is 33. The number of nitrogens with one attached hydrogen (secondary N) is 8. The maximum Gasteiger partial charge on any atom is 0.326 e. The Kier molecular flexibility index (Phi) is 27.7. The smallest absolute Gasteiger partial charge is 0.326 e. The molecule has 1 aliphatic heterocycles. The number of aliphatic hydroxyl groups is 4. The number of hydrogen-bond donors (Lipinski definition) is 19. The average Bonchev–Trinajstić information content (AvgIpc) is 3.73. The Morgan fingerprint density at radius 1 is 0.534 bits per heavy atom. The van der Waals surface area contributed by atoms with Crippen LogP contribution in [-0.4, -0.2) is 210 Å². The number of phenolic OH excluding ortho intramolecular Hbond substituents is 3. The second-order valence-corrected chi connectivity index (χ2v) is 21.5. The molecule has 1 fully saturated rings. The summed E-state index contributed by atoms with van der Waals surface area (Å²) in [7, 11) is 0. The first-order valence-electron chi connectivity index (χ1n) is 28.2. The second-order valence-electron chi connectivity index (χ2n) is 21.5. The van der Waals surface area contributed by atoms with Crippen molar-refractivity contribution in [1.29, 1.82) is 0 Å². The molecule has 1 saturated heterocycles. The fraction of sp³-hybridized carbons (Fsp3) is 0.491. The summed E-state index contributed by atoms with van der Waals surface area (Å²) in [5.41, 5.74) is 17.5. The molecule has 0 spiro atoms. The van der Waals surface area contributed by atoms with Gasteiger partial charge in [-0.1, -0.05) is 50.2 Å². The topological polar surface area (TPSA) is 522 Å². The molecule has 0 saturated carbocycles. The summed E-state index contributed by atoms with van der Waals surface area (Å²) in [6.45, 7) is 3.49. The van der Waals surface area contributed by atoms with E-state index in [-0.39, 0.29) is 81.2 Å². The van der Waals surface area contributed by atoms with E-state index in [0.29, 0.717) is 16.7 Å². The lowest BCUT2D eigenvalue weighted by atomic mass is 10.0. The molecule has 3 aromatic rings. The van der Waals surface area contributed by atoms with Gasteiger partial charge in [-0.2, -0.15) is 0 Å². The number of carbonyl (C=O) groups excluding carboxylic acids is 9. The highest BCUT2D eigenvalue weighted by Crippen LogP contribution is 2.21. The van der Waals surface area contributed by atoms with E-state index in [2.05, 4.69) is 47.5 Å². The van der Waals surface area contributed by atoms with Crippen molar-refractivity contribution in [3.63, 3.8) is 0 Å². The number of aliphatic hydroxyl groups excluding tert-OH is 4. The number of aliphatic imine (C=N–C) groups is 1. The number of hydrogen-bond acceptors (Lipinski definition) is 19. The molecule has 0 unspecified atom stereocenters. The molecule has 1 heterocycles. The molecule has 12 atom stereocenters. The Hall–Kier alpha value is -9.17. The summed E-state index contributed by atoms with van der Waals surface area (Å²) in [6, 6.07) is 0.478. The van der Waals surface area contributed by atoms with E-state index in [1.807, 2.05) is 0 Å². The highest BCUT2D eigenvalue weighted by atomic mass is 16.4. The van der Waals surface area contributed by atoms with Crippen molar-refractivity contribution in [3.8, 4) is 17.2 Å². The van der Waals surface area contributed by atoms with Gasteiger partial charge in [-0.15, -0.1) is 0 Å². The van der Waals surface area contributed by atoms with Crippen LogP contribution in [0, 0.1) is 5.92 Å². The standard InChI is InChI=1S/C57H81N13O18/c1-28(2)45(68-52(83)44(58)29(3)73)53(84)67-42(27-72)55(86)70-22-6-8-43(70)51(82)66-41(26-71)50(81)64-40(25-33-13-19-36(77)20-14-33)49(80)69-46(30(4)74)54(85)65-39(24-32-11-17-35(76)18-12-32)48(79)63-38(23-31-9-15-34(75)16-10-31)47(78)62-37(56(87)88)7-5-21-61-57(59)60/h9-20,28-30,37-46,71-77H,5-8,21-27,58H2,1-4H3,(H,62,78)(H,63,79)(H,64,81)(H,65,85)(H,66,82)(H,67,84)(H,68,83)(H,69,80)(H,87,88)(H4,59,60,61)/t29-,30-,37+,38+,39+,40+,41+,42+,43+,44+,45+,46+/m1/s1. The number of nitrogens with zero attached hydrogens (tertiary/aromatic N) is 2. The van der Waals surface area contributed by atoms with Crippen LogP contribution in [0.1, 0.15) is 70.1 Å². The summed E-state index contributed by atoms with van der Waals surface area (Å²) in [5, 5.41) is 101. The fourth-order valence-electron chi connectivity index (χ4n) is 9.15. The van der Waals surface area contributed by atoms with Gasteiger partial charge >= 0.3 is 5.97 Å². The Morgan fingerprint density at radius 2 is 0.932 bits per heavy atom. The molecular formula is C57H81N13O18. The van der Waals surface area contributed by atoms with E-state index < -0.39 is 151 Å². The SMILES string of the molecule is CC(C)[C@H](NC(=O)[C@@H](N)[C@@H](C)O)C(=O)N[C@@H](CO)C(=O)N1CCC[C@H]1C(=O)N[C@@H](CO)C(=O)N[C@@H](Cc1ccc(O)cc1)C(=O)N[C@H](C(=O)N[C@@H](Cc1ccc(O)cc1)C(=O)N[C@@H](Cc1ccc(O)cc1)C(=O)N[C@@H](CCCN=C(N)N)C(=O)O)[C@@H](C)O. The third-order valence-electron chi connectivity index (χ3n) is 14.2. The van der Waals surface area contributed by atoms with Crippen molar-refractivity contribution in [2.75, 3.05) is 26.3 Å². The molecular weight excluding hydrogens is 1150 g/mol. The number of aromatic hydroxyl groups is 3. The number of benzene rings is 3. The average molecular weight is 1240 g/mol. The van der Waals surface area contributed by atoms with Gasteiger partial charge in [0.15, 0.2) is 5.96 Å². The van der Waals surface area contributed by atoms with E-state index in [4.69, 9.17) is 17.2 Å². The van der Waals surface area contributed by atoms with Crippen molar-refractivity contribution in [1.82, 2.24) is 47.4 Å². The van der Waals surface area contributed by atoms with Crippen molar-refractivity contribution in [3.05, 3.63) is 89.5 Å². The van der Waals surface area contributed by atoms with Crippen LogP contribution in [0.5, 0.6) is 17.2 Å². The Morgan fingerprint density at radius 3 is 1.34 bits per heavy atom. The third-order valence-corrected chi connectivity index (χ3v) is 14.2. The largest absolute Gasteiger partial charge is 0.508 e. The van der Waals surface area contributed by atoms with E-state index in [1.54, 1.807) is 13.8 Å². The second kappa shape index (κ2) is 34.2. The number of amides is 9. The van der Waals surface area contributed by atoms with Gasteiger partial charge in [0.1, 0.15) is 77.7 Å². The van der Waals surface area contributed by atoms with Crippen LogP contribution in [0.4, 0.5) is 0 Å². The number of likely N-dealkylation sites (tertiary alicyclic amines) is 1. The first-order chi connectivity index (χ1) is 41.5. The summed E-state index contributed by atoms with van der Waals surface area (Å²) in [5.74, 6) is -11.8. The van der Waals surface area contributed by atoms with Gasteiger partial charge in [0, 0.05) is 32.4 Å². The minimum Gasteiger partial charge on any atom is -0.508 e. The quantitative estimate of drug-likeness (QED) is 0.0154. The number of carboxylic acids is 1. The molecule has 22 N–H and O–H groups in total. The zero-order valence-corrected chi connectivity index (χ0v) is 49.0. The summed E-state index contributed by atoms with van der Waals surface area (Å²) < 4.78 is 0. The molecule has 1 aliphatic rings. The molecule has 0 aliphatic carbocycles. The molecule has 31 heteroatoms. The van der Waals surface area contributed by atoms with Gasteiger partial charge in [0.05, 0.1) is 25.4 Å². The van der Waals surface area contributed by atoms with Gasteiger partial charge in [-0.3, -0.25) is 48.1 Å². The predicted octanol–water partition coefficient (Wildman–Crippen LogP) is -5.43. The van der Waals surface area contributed by atoms with Gasteiger partial charge < -0.3 is 105 Å². The number of nitrogens with two attached hydrogens (primary N) is 3. The maximum absolute atomic E-state index is 14.5. The minimum absolute atomic E-state index is 0.0179. The fourth-order valence-corrected chi connectivity index (χ4v) is 9.15. The molecule has 3 aromatic carbocycles. The predicted molar refractivity (Wildman–Crippen MR) is 314 cm³/mol. The van der Waals surface area contributed by atoms with Crippen LogP contribution in [0.25, 0.3) is 0 Å². The molecule has 31 nitrogen and oxygen atoms in total. The lowest BCUT2D eigenvalue weighted by Crippen LogP contribution is -2.63. The van der Waals surface area contributed by atoms with Crippen LogP contribution < -0.4 is 59.7 Å². The van der Waals surface area contributed by atoms with Crippen molar-refractivity contribution < 1.29 is 88.8 Å². The Bertz CT molecular complexity index is 2910. The highest BCUT2D eigenvalue weighted by Gasteiger charge is 2.41. The van der Waals surface area contributed by atoms with Gasteiger partial charge in [-0.25, -0.2) is 4.79 Å². The summed E-state index contributed by atoms with van der Waals surface area (Å²) in [4.78, 5) is 142. The summed E-state index contributed by atoms with van der Waals surface area (Å²) in [6.07, 6.45) is -3.80. The normalized spacial score (nSPS) is 16.7. The molecule has 4 rings (SSSR count). The first-order valence-corrected chi connectivity index (χ1v) is 28.2. The van der Waals surface area contributed by atoms with Crippen LogP contribution >= 0.6 is 0 Å². The van der Waals surface area contributed by atoms with E-state index >= 15 is 0 Å². The van der Waals surface area contributed by atoms with Gasteiger partial charge in [0.25, 0.3) is 0 Å². The van der Waals surface area contributed by atoms with Crippen molar-refractivity contribution in [2.45, 2.75) is 145 Å². The molecule has 9 amide bonds. The first kappa shape index (κ1) is 71.3. The van der Waals surface area contributed by atoms with Crippen LogP contribution in [0.15, 0.2) is 77.8 Å². The molecule has 482 valence electrons. The maximum atomic E-state index is 14.5. The molecule has 0 bridgehead atoms. The highest BCUT2D eigenvalue weighted by molar-refractivity contribution is 5.99. The van der Waals surface area contributed by atoms with Crippen LogP contribution in [0.3, 0.4) is 0 Å². The number of guanidine groups is 1. The molecule has 0 aromatic heterocycles. The van der Waals surface area contributed by atoms with Crippen molar-refractivity contribution in [2.24, 2.45) is 28.1 Å². The summed E-state index contributed by atoms with van der Waals surface area (Å²) >= 11 is 0. The Balaban J connectivity index is 1.58.